The number of ether oxygens (including phenoxy) is 1. The molecule has 2 aliphatic rings. The Kier molecular flexibility index (Phi) is 5.85. The zero-order valence-electron chi connectivity index (χ0n) is 15.6. The Bertz CT molecular complexity index is 864. The molecule has 2 bridgehead atoms. The summed E-state index contributed by atoms with van der Waals surface area (Å²) >= 11 is 0. The SMILES string of the molecule is C[C@@H](OC(=O)C1C[C@H]2CCC[C@@H](C1)C2=O)C(=O)Nc1ccc(S(N)(=O)=O)cc1. The molecule has 0 radical (unpaired) electrons. The third-order valence-corrected chi connectivity index (χ3v) is 6.42. The number of sulfonamides is 1. The largest absolute Gasteiger partial charge is 0.452 e. The number of Topliss-reactive ketones (excluding diaryl/α,β-unsaturated/α-hetero) is 1. The average molecular weight is 408 g/mol. The van der Waals surface area contributed by atoms with Crippen LogP contribution in [-0.4, -0.2) is 32.2 Å². The first-order valence-electron chi connectivity index (χ1n) is 9.33. The predicted molar refractivity (Wildman–Crippen MR) is 101 cm³/mol. The summed E-state index contributed by atoms with van der Waals surface area (Å²) < 4.78 is 27.8. The van der Waals surface area contributed by atoms with Crippen molar-refractivity contribution < 1.29 is 27.5 Å². The molecule has 0 aliphatic heterocycles. The highest BCUT2D eigenvalue weighted by Gasteiger charge is 2.42. The molecule has 2 saturated carbocycles. The lowest BCUT2D eigenvalue weighted by Gasteiger charge is -2.36. The number of rotatable bonds is 5. The van der Waals surface area contributed by atoms with Crippen LogP contribution in [0.5, 0.6) is 0 Å². The van der Waals surface area contributed by atoms with Crippen LogP contribution in [-0.2, 0) is 29.1 Å². The van der Waals surface area contributed by atoms with Crippen molar-refractivity contribution in [3.05, 3.63) is 24.3 Å². The van der Waals surface area contributed by atoms with Gasteiger partial charge in [-0.15, -0.1) is 0 Å². The molecule has 2 aliphatic carbocycles. The smallest absolute Gasteiger partial charge is 0.309 e. The molecule has 1 amide bonds. The minimum Gasteiger partial charge on any atom is -0.452 e. The van der Waals surface area contributed by atoms with Gasteiger partial charge in [0.15, 0.2) is 6.10 Å². The Morgan fingerprint density at radius 3 is 2.25 bits per heavy atom. The Morgan fingerprint density at radius 1 is 1.14 bits per heavy atom. The molecular weight excluding hydrogens is 384 g/mol. The van der Waals surface area contributed by atoms with Gasteiger partial charge >= 0.3 is 5.97 Å². The summed E-state index contributed by atoms with van der Waals surface area (Å²) in [4.78, 5) is 36.8. The van der Waals surface area contributed by atoms with Crippen LogP contribution in [0.25, 0.3) is 0 Å². The van der Waals surface area contributed by atoms with Gasteiger partial charge in [0.2, 0.25) is 10.0 Å². The van der Waals surface area contributed by atoms with Gasteiger partial charge in [0.25, 0.3) is 5.91 Å². The summed E-state index contributed by atoms with van der Waals surface area (Å²) in [6.07, 6.45) is 2.65. The van der Waals surface area contributed by atoms with E-state index in [1.54, 1.807) is 0 Å². The number of fused-ring (bicyclic) bond motifs is 2. The van der Waals surface area contributed by atoms with Crippen LogP contribution < -0.4 is 10.5 Å². The molecule has 1 unspecified atom stereocenters. The topological polar surface area (TPSA) is 133 Å². The second-order valence-electron chi connectivity index (χ2n) is 7.53. The van der Waals surface area contributed by atoms with Gasteiger partial charge in [0.05, 0.1) is 10.8 Å². The monoisotopic (exact) mass is 408 g/mol. The van der Waals surface area contributed by atoms with Gasteiger partial charge < -0.3 is 10.1 Å². The average Bonchev–Trinajstić information content (AvgIpc) is 2.61. The standard InChI is InChI=1S/C19H24N2O6S/c1-11(18(23)21-15-5-7-16(8-6-15)28(20,25)26)27-19(24)14-9-12-3-2-4-13(10-14)17(12)22/h5-8,11-14H,2-4,9-10H2,1H3,(H,21,23)(H2,20,25,26)/t11-,12-,13+,14?/m1/s1. The first kappa shape index (κ1) is 20.5. The van der Waals surface area contributed by atoms with Crippen molar-refractivity contribution in [1.29, 1.82) is 0 Å². The van der Waals surface area contributed by atoms with Gasteiger partial charge in [-0.25, -0.2) is 13.6 Å². The molecule has 2 fully saturated rings. The summed E-state index contributed by atoms with van der Waals surface area (Å²) in [5.74, 6) is -1.18. The highest BCUT2D eigenvalue weighted by atomic mass is 32.2. The molecular formula is C19H24N2O6S. The number of benzene rings is 1. The van der Waals surface area contributed by atoms with Crippen LogP contribution in [0, 0.1) is 17.8 Å². The van der Waals surface area contributed by atoms with Crippen LogP contribution >= 0.6 is 0 Å². The van der Waals surface area contributed by atoms with Crippen molar-refractivity contribution in [2.24, 2.45) is 22.9 Å². The van der Waals surface area contributed by atoms with E-state index in [9.17, 15) is 22.8 Å². The van der Waals surface area contributed by atoms with Crippen molar-refractivity contribution >= 4 is 33.4 Å². The number of hydrogen-bond donors (Lipinski definition) is 2. The number of carbonyl (C=O) groups excluding carboxylic acids is 3. The summed E-state index contributed by atoms with van der Waals surface area (Å²) in [7, 11) is -3.81. The van der Waals surface area contributed by atoms with E-state index in [1.165, 1.54) is 31.2 Å². The zero-order valence-corrected chi connectivity index (χ0v) is 16.4. The second-order valence-corrected chi connectivity index (χ2v) is 9.09. The van der Waals surface area contributed by atoms with E-state index >= 15 is 0 Å². The second kappa shape index (κ2) is 8.00. The first-order valence-corrected chi connectivity index (χ1v) is 10.9. The summed E-state index contributed by atoms with van der Waals surface area (Å²) in [6, 6.07) is 5.36. The third-order valence-electron chi connectivity index (χ3n) is 5.49. The number of nitrogens with one attached hydrogen (secondary N) is 1. The molecule has 152 valence electrons. The van der Waals surface area contributed by atoms with E-state index in [-0.39, 0.29) is 28.4 Å². The van der Waals surface area contributed by atoms with E-state index in [0.717, 1.165) is 19.3 Å². The summed E-state index contributed by atoms with van der Waals surface area (Å²) in [6.45, 7) is 1.47. The number of hydrogen-bond acceptors (Lipinski definition) is 6. The molecule has 0 saturated heterocycles. The maximum Gasteiger partial charge on any atom is 0.309 e. The highest BCUT2D eigenvalue weighted by molar-refractivity contribution is 7.89. The lowest BCUT2D eigenvalue weighted by Crippen LogP contribution is -2.41. The molecule has 1 aromatic carbocycles. The Labute approximate surface area is 163 Å². The molecule has 8 nitrogen and oxygen atoms in total. The molecule has 0 heterocycles. The molecule has 28 heavy (non-hydrogen) atoms. The van der Waals surface area contributed by atoms with Crippen LogP contribution in [0.4, 0.5) is 5.69 Å². The fraction of sp³-hybridized carbons (Fsp3) is 0.526. The van der Waals surface area contributed by atoms with Crippen LogP contribution in [0.2, 0.25) is 0 Å². The van der Waals surface area contributed by atoms with Crippen LogP contribution in [0.1, 0.15) is 39.0 Å². The van der Waals surface area contributed by atoms with Gasteiger partial charge in [0.1, 0.15) is 5.78 Å². The highest BCUT2D eigenvalue weighted by Crippen LogP contribution is 2.40. The Morgan fingerprint density at radius 2 is 1.71 bits per heavy atom. The van der Waals surface area contributed by atoms with Crippen molar-refractivity contribution in [2.75, 3.05) is 5.32 Å². The molecule has 3 N–H and O–H groups in total. The molecule has 0 aromatic heterocycles. The normalized spacial score (nSPS) is 25.6. The quantitative estimate of drug-likeness (QED) is 0.711. The van der Waals surface area contributed by atoms with Gasteiger partial charge in [-0.05, 0) is 56.9 Å². The number of ketones is 1. The lowest BCUT2D eigenvalue weighted by molar-refractivity contribution is -0.161. The van der Waals surface area contributed by atoms with E-state index in [1.807, 2.05) is 0 Å². The molecule has 9 heteroatoms. The summed E-state index contributed by atoms with van der Waals surface area (Å²) in [5.41, 5.74) is 0.359. The number of nitrogens with two attached hydrogens (primary N) is 1. The minimum atomic E-state index is -3.81. The lowest BCUT2D eigenvalue weighted by atomic mass is 9.67. The van der Waals surface area contributed by atoms with E-state index in [0.29, 0.717) is 18.5 Å². The van der Waals surface area contributed by atoms with Crippen molar-refractivity contribution in [2.45, 2.75) is 50.0 Å². The maximum absolute atomic E-state index is 12.5. The molecule has 3 rings (SSSR count). The number of amides is 1. The minimum absolute atomic E-state index is 0.0634. The number of primary sulfonamides is 1. The molecule has 0 spiro atoms. The Hall–Kier alpha value is -2.26. The Balaban J connectivity index is 1.55. The molecule has 4 atom stereocenters. The van der Waals surface area contributed by atoms with Crippen molar-refractivity contribution in [1.82, 2.24) is 0 Å². The van der Waals surface area contributed by atoms with Gasteiger partial charge in [-0.3, -0.25) is 14.4 Å². The number of anilines is 1. The number of esters is 1. The van der Waals surface area contributed by atoms with Gasteiger partial charge in [0, 0.05) is 17.5 Å². The third kappa shape index (κ3) is 4.59. The van der Waals surface area contributed by atoms with Gasteiger partial charge in [-0.2, -0.15) is 0 Å². The maximum atomic E-state index is 12.5. The van der Waals surface area contributed by atoms with Crippen LogP contribution in [0.15, 0.2) is 29.2 Å². The van der Waals surface area contributed by atoms with Crippen LogP contribution in [0.3, 0.4) is 0 Å². The van der Waals surface area contributed by atoms with Crippen molar-refractivity contribution in [3.8, 4) is 0 Å². The molecule has 1 aromatic rings. The van der Waals surface area contributed by atoms with E-state index in [4.69, 9.17) is 9.88 Å². The summed E-state index contributed by atoms with van der Waals surface area (Å²) in [5, 5.41) is 7.60. The zero-order chi connectivity index (χ0) is 20.5. The van der Waals surface area contributed by atoms with Crippen molar-refractivity contribution in [3.63, 3.8) is 0 Å². The first-order chi connectivity index (χ1) is 13.1. The number of carbonyl (C=O) groups is 3. The predicted octanol–water partition coefficient (Wildman–Crippen LogP) is 1.60. The van der Waals surface area contributed by atoms with Gasteiger partial charge in [-0.1, -0.05) is 6.42 Å². The fourth-order valence-corrected chi connectivity index (χ4v) is 4.48. The van der Waals surface area contributed by atoms with E-state index < -0.39 is 28.0 Å². The fourth-order valence-electron chi connectivity index (χ4n) is 3.97. The van der Waals surface area contributed by atoms with E-state index in [2.05, 4.69) is 5.32 Å².